The topological polar surface area (TPSA) is 155 Å². The molecule has 10 heteroatoms. The van der Waals surface area contributed by atoms with Gasteiger partial charge in [0.1, 0.15) is 24.4 Å². The van der Waals surface area contributed by atoms with E-state index in [1.54, 1.807) is 0 Å². The van der Waals surface area contributed by atoms with Gasteiger partial charge in [0.15, 0.2) is 11.5 Å². The van der Waals surface area contributed by atoms with Gasteiger partial charge >= 0.3 is 5.97 Å². The van der Waals surface area contributed by atoms with Gasteiger partial charge in [0.2, 0.25) is 12.0 Å². The molecule has 1 heterocycles. The van der Waals surface area contributed by atoms with E-state index in [4.69, 9.17) is 24.1 Å². The second-order valence-corrected chi connectivity index (χ2v) is 5.36. The van der Waals surface area contributed by atoms with Gasteiger partial charge in [0, 0.05) is 7.11 Å². The monoisotopic (exact) mass is 360 g/mol. The molecule has 0 spiro atoms. The fourth-order valence-corrected chi connectivity index (χ4v) is 2.54. The molecule has 0 amide bonds. The summed E-state index contributed by atoms with van der Waals surface area (Å²) in [6.45, 7) is -0.511. The molecule has 5 unspecified atom stereocenters. The lowest BCUT2D eigenvalue weighted by Gasteiger charge is -2.41. The van der Waals surface area contributed by atoms with Crippen LogP contribution in [0, 0.1) is 0 Å². The Hall–Kier alpha value is -2.11. The summed E-state index contributed by atoms with van der Waals surface area (Å²) in [7, 11) is 2.52. The lowest BCUT2D eigenvalue weighted by molar-refractivity contribution is -0.282. The number of aromatic carboxylic acids is 1. The first-order chi connectivity index (χ1) is 11.8. The molecule has 2 rings (SSSR count). The van der Waals surface area contributed by atoms with Crippen molar-refractivity contribution in [3.63, 3.8) is 0 Å². The SMILES string of the molecule is COc1cc(C(=O)O)cc(O)c1OC1OC(CO)C(OC)C(O)C1O. The summed E-state index contributed by atoms with van der Waals surface area (Å²) in [5.74, 6) is -2.24. The minimum absolute atomic E-state index is 0.114. The van der Waals surface area contributed by atoms with Crippen molar-refractivity contribution in [2.45, 2.75) is 30.7 Å². The number of phenols is 1. The van der Waals surface area contributed by atoms with Crippen LogP contribution < -0.4 is 9.47 Å². The highest BCUT2D eigenvalue weighted by atomic mass is 16.7. The van der Waals surface area contributed by atoms with E-state index < -0.39 is 49.0 Å². The largest absolute Gasteiger partial charge is 0.504 e. The lowest BCUT2D eigenvalue weighted by atomic mass is 9.99. The number of benzene rings is 1. The van der Waals surface area contributed by atoms with E-state index >= 15 is 0 Å². The third-order valence-electron chi connectivity index (χ3n) is 3.83. The van der Waals surface area contributed by atoms with E-state index in [1.165, 1.54) is 14.2 Å². The average Bonchev–Trinajstić information content (AvgIpc) is 2.59. The van der Waals surface area contributed by atoms with Crippen LogP contribution in [0.2, 0.25) is 0 Å². The molecule has 0 radical (unpaired) electrons. The first-order valence-electron chi connectivity index (χ1n) is 7.30. The van der Waals surface area contributed by atoms with Gasteiger partial charge < -0.3 is 44.5 Å². The zero-order valence-electron chi connectivity index (χ0n) is 13.5. The number of ether oxygens (including phenoxy) is 4. The maximum absolute atomic E-state index is 11.0. The van der Waals surface area contributed by atoms with Gasteiger partial charge in [-0.25, -0.2) is 4.79 Å². The van der Waals surface area contributed by atoms with E-state index in [1.807, 2.05) is 0 Å². The number of hydrogen-bond donors (Lipinski definition) is 5. The van der Waals surface area contributed by atoms with Crippen molar-refractivity contribution in [2.24, 2.45) is 0 Å². The van der Waals surface area contributed by atoms with Crippen molar-refractivity contribution in [3.8, 4) is 17.2 Å². The van der Waals surface area contributed by atoms with E-state index in [0.717, 1.165) is 12.1 Å². The number of aromatic hydroxyl groups is 1. The molecule has 1 aromatic carbocycles. The van der Waals surface area contributed by atoms with Crippen molar-refractivity contribution < 1.29 is 49.3 Å². The van der Waals surface area contributed by atoms with Crippen molar-refractivity contribution in [1.82, 2.24) is 0 Å². The Kier molecular flexibility index (Phi) is 6.03. The first kappa shape index (κ1) is 19.2. The number of phenolic OH excluding ortho intramolecular Hbond substituents is 1. The molecule has 0 bridgehead atoms. The molecule has 5 atom stereocenters. The molecule has 0 aliphatic carbocycles. The van der Waals surface area contributed by atoms with Crippen molar-refractivity contribution >= 4 is 5.97 Å². The Labute approximate surface area is 142 Å². The molecular formula is C15H20O10. The van der Waals surface area contributed by atoms with Gasteiger partial charge in [-0.2, -0.15) is 0 Å². The van der Waals surface area contributed by atoms with Gasteiger partial charge in [0.25, 0.3) is 0 Å². The number of carboxylic acid groups (broad SMARTS) is 1. The molecule has 1 aliphatic heterocycles. The second kappa shape index (κ2) is 7.85. The van der Waals surface area contributed by atoms with Gasteiger partial charge in [-0.05, 0) is 12.1 Å². The smallest absolute Gasteiger partial charge is 0.335 e. The van der Waals surface area contributed by atoms with Crippen molar-refractivity contribution in [1.29, 1.82) is 0 Å². The van der Waals surface area contributed by atoms with Crippen LogP contribution in [0.25, 0.3) is 0 Å². The predicted molar refractivity (Wildman–Crippen MR) is 80.8 cm³/mol. The zero-order chi connectivity index (χ0) is 18.7. The van der Waals surface area contributed by atoms with Crippen LogP contribution in [0.3, 0.4) is 0 Å². The molecule has 5 N–H and O–H groups in total. The minimum atomic E-state index is -1.56. The summed E-state index contributed by atoms with van der Waals surface area (Å²) < 4.78 is 20.7. The molecule has 0 aromatic heterocycles. The Morgan fingerprint density at radius 1 is 1.24 bits per heavy atom. The van der Waals surface area contributed by atoms with E-state index in [2.05, 4.69) is 0 Å². The molecule has 1 aromatic rings. The third kappa shape index (κ3) is 3.78. The van der Waals surface area contributed by atoms with Crippen LogP contribution in [0.5, 0.6) is 17.2 Å². The maximum Gasteiger partial charge on any atom is 0.335 e. The van der Waals surface area contributed by atoms with E-state index in [9.17, 15) is 25.2 Å². The summed E-state index contributed by atoms with van der Waals surface area (Å²) in [6.07, 6.45) is -6.41. The highest BCUT2D eigenvalue weighted by Crippen LogP contribution is 2.40. The highest BCUT2D eigenvalue weighted by Gasteiger charge is 2.46. The van der Waals surface area contributed by atoms with E-state index in [-0.39, 0.29) is 17.1 Å². The fraction of sp³-hybridized carbons (Fsp3) is 0.533. The van der Waals surface area contributed by atoms with Crippen LogP contribution in [-0.4, -0.2) is 83.0 Å². The average molecular weight is 360 g/mol. The van der Waals surface area contributed by atoms with Gasteiger partial charge in [-0.1, -0.05) is 0 Å². The third-order valence-corrected chi connectivity index (χ3v) is 3.83. The molecule has 25 heavy (non-hydrogen) atoms. The van der Waals surface area contributed by atoms with Crippen LogP contribution in [0.4, 0.5) is 0 Å². The van der Waals surface area contributed by atoms with Gasteiger partial charge in [0.05, 0.1) is 19.3 Å². The minimum Gasteiger partial charge on any atom is -0.504 e. The Bertz CT molecular complexity index is 617. The summed E-state index contributed by atoms with van der Waals surface area (Å²) in [6, 6.07) is 2.05. The number of aliphatic hydroxyl groups is 3. The summed E-state index contributed by atoms with van der Waals surface area (Å²) in [5, 5.41) is 48.6. The van der Waals surface area contributed by atoms with Crippen molar-refractivity contribution in [3.05, 3.63) is 17.7 Å². The quantitative estimate of drug-likeness (QED) is 0.423. The Balaban J connectivity index is 2.31. The van der Waals surface area contributed by atoms with Crippen molar-refractivity contribution in [2.75, 3.05) is 20.8 Å². The van der Waals surface area contributed by atoms with Gasteiger partial charge in [-0.15, -0.1) is 0 Å². The van der Waals surface area contributed by atoms with Crippen LogP contribution in [0.15, 0.2) is 12.1 Å². The number of rotatable bonds is 6. The maximum atomic E-state index is 11.0. The normalized spacial score (nSPS) is 29.2. The molecule has 1 fully saturated rings. The highest BCUT2D eigenvalue weighted by molar-refractivity contribution is 5.89. The molecular weight excluding hydrogens is 340 g/mol. The van der Waals surface area contributed by atoms with Crippen LogP contribution in [-0.2, 0) is 9.47 Å². The lowest BCUT2D eigenvalue weighted by Crippen LogP contribution is -2.60. The predicted octanol–water partition coefficient (Wildman–Crippen LogP) is -1.07. The first-order valence-corrected chi connectivity index (χ1v) is 7.30. The molecule has 1 aliphatic rings. The standard InChI is InChI=1S/C15H20O10/c1-22-8-4-6(14(20)21)3-7(17)12(8)25-15-11(19)10(18)13(23-2)9(5-16)24-15/h3-4,9-11,13,15-19H,5H2,1-2H3,(H,20,21). The van der Waals surface area contributed by atoms with Crippen LogP contribution >= 0.6 is 0 Å². The summed E-state index contributed by atoms with van der Waals surface area (Å²) in [5.41, 5.74) is -0.237. The van der Waals surface area contributed by atoms with Gasteiger partial charge in [-0.3, -0.25) is 0 Å². The number of aliphatic hydroxyl groups excluding tert-OH is 3. The Morgan fingerprint density at radius 3 is 2.44 bits per heavy atom. The molecule has 140 valence electrons. The second-order valence-electron chi connectivity index (χ2n) is 5.36. The molecule has 0 saturated carbocycles. The van der Waals surface area contributed by atoms with Crippen LogP contribution in [0.1, 0.15) is 10.4 Å². The summed E-state index contributed by atoms with van der Waals surface area (Å²) in [4.78, 5) is 11.0. The van der Waals surface area contributed by atoms with E-state index in [0.29, 0.717) is 0 Å². The number of methoxy groups -OCH3 is 2. The zero-order valence-corrected chi connectivity index (χ0v) is 13.5. The summed E-state index contributed by atoms with van der Waals surface area (Å²) >= 11 is 0. The number of hydrogen-bond acceptors (Lipinski definition) is 9. The molecule has 10 nitrogen and oxygen atoms in total. The Morgan fingerprint density at radius 2 is 1.92 bits per heavy atom. The number of carbonyl (C=O) groups is 1. The number of carboxylic acids is 1. The fourth-order valence-electron chi connectivity index (χ4n) is 2.54. The molecule has 1 saturated heterocycles.